The first-order valence-electron chi connectivity index (χ1n) is 6.92. The summed E-state index contributed by atoms with van der Waals surface area (Å²) in [5.74, 6) is 0.706. The average molecular weight is 284 g/mol. The third-order valence-corrected chi connectivity index (χ3v) is 3.66. The van der Waals surface area contributed by atoms with Crippen molar-refractivity contribution in [3.05, 3.63) is 52.1 Å². The Labute approximate surface area is 122 Å². The maximum Gasteiger partial charge on any atom is 0.276 e. The van der Waals surface area contributed by atoms with E-state index >= 15 is 0 Å². The molecule has 1 aliphatic heterocycles. The van der Waals surface area contributed by atoms with Crippen LogP contribution in [0.2, 0.25) is 0 Å². The van der Waals surface area contributed by atoms with Crippen LogP contribution in [0.5, 0.6) is 0 Å². The van der Waals surface area contributed by atoms with E-state index in [0.29, 0.717) is 5.82 Å². The second-order valence-corrected chi connectivity index (χ2v) is 5.10. The molecule has 108 valence electrons. The number of anilines is 3. The van der Waals surface area contributed by atoms with Gasteiger partial charge < -0.3 is 10.6 Å². The van der Waals surface area contributed by atoms with E-state index in [0.717, 1.165) is 31.5 Å². The molecule has 21 heavy (non-hydrogen) atoms. The summed E-state index contributed by atoms with van der Waals surface area (Å²) < 4.78 is 0. The zero-order valence-electron chi connectivity index (χ0n) is 11.5. The number of nitrogen functional groups attached to an aromatic ring is 1. The maximum atomic E-state index is 11.0. The first kappa shape index (κ1) is 13.4. The number of rotatable bonds is 2. The third-order valence-electron chi connectivity index (χ3n) is 3.66. The van der Waals surface area contributed by atoms with Crippen LogP contribution in [-0.4, -0.2) is 16.5 Å². The Morgan fingerprint density at radius 3 is 2.86 bits per heavy atom. The molecule has 0 fully saturated rings. The minimum Gasteiger partial charge on any atom is -0.383 e. The zero-order valence-corrected chi connectivity index (χ0v) is 11.5. The fraction of sp³-hybridized carbons (Fsp3) is 0.267. The molecule has 2 aromatic rings. The summed E-state index contributed by atoms with van der Waals surface area (Å²) in [6.45, 7) is 0.782. The molecule has 0 unspecified atom stereocenters. The Balaban J connectivity index is 2.09. The fourth-order valence-electron chi connectivity index (χ4n) is 2.70. The molecule has 0 bridgehead atoms. The second kappa shape index (κ2) is 5.40. The lowest BCUT2D eigenvalue weighted by atomic mass is 10.1. The third kappa shape index (κ3) is 2.65. The molecule has 6 heteroatoms. The van der Waals surface area contributed by atoms with Crippen molar-refractivity contribution < 1.29 is 4.92 Å². The van der Waals surface area contributed by atoms with Crippen LogP contribution < -0.4 is 10.6 Å². The standard InChI is InChI=1S/C15H16N4O2/c16-14-9-12(19(20)21)10-15(17-14)18-8-4-3-6-11-5-1-2-7-13(11)18/h1-2,5,7,9-10H,3-4,6,8H2,(H2,16,17). The van der Waals surface area contributed by atoms with E-state index in [2.05, 4.69) is 11.1 Å². The van der Waals surface area contributed by atoms with Gasteiger partial charge in [-0.15, -0.1) is 0 Å². The highest BCUT2D eigenvalue weighted by Gasteiger charge is 2.20. The number of para-hydroxylation sites is 1. The average Bonchev–Trinajstić information content (AvgIpc) is 2.69. The molecule has 1 aliphatic rings. The highest BCUT2D eigenvalue weighted by Crippen LogP contribution is 2.33. The molecule has 2 N–H and O–H groups in total. The monoisotopic (exact) mass is 284 g/mol. The molecule has 1 aromatic heterocycles. The van der Waals surface area contributed by atoms with Crippen molar-refractivity contribution in [2.75, 3.05) is 17.2 Å². The van der Waals surface area contributed by atoms with Gasteiger partial charge >= 0.3 is 0 Å². The van der Waals surface area contributed by atoms with E-state index in [1.807, 2.05) is 23.1 Å². The molecule has 0 saturated heterocycles. The Bertz CT molecular complexity index is 687. The molecule has 0 atom stereocenters. The lowest BCUT2D eigenvalue weighted by Gasteiger charge is -2.23. The van der Waals surface area contributed by atoms with Crippen LogP contribution in [0.3, 0.4) is 0 Å². The quantitative estimate of drug-likeness (QED) is 0.676. The molecule has 3 rings (SSSR count). The van der Waals surface area contributed by atoms with Crippen LogP contribution in [0.15, 0.2) is 36.4 Å². The van der Waals surface area contributed by atoms with Gasteiger partial charge in [0.25, 0.3) is 5.69 Å². The van der Waals surface area contributed by atoms with E-state index in [1.165, 1.54) is 17.7 Å². The fourth-order valence-corrected chi connectivity index (χ4v) is 2.70. The molecule has 0 saturated carbocycles. The number of hydrogen-bond acceptors (Lipinski definition) is 5. The van der Waals surface area contributed by atoms with Gasteiger partial charge in [-0.3, -0.25) is 10.1 Å². The zero-order chi connectivity index (χ0) is 14.8. The van der Waals surface area contributed by atoms with Gasteiger partial charge in [0.05, 0.1) is 17.1 Å². The molecular formula is C15H16N4O2. The van der Waals surface area contributed by atoms with E-state index in [-0.39, 0.29) is 11.5 Å². The number of nitrogens with two attached hydrogens (primary N) is 1. The summed E-state index contributed by atoms with van der Waals surface area (Å²) in [5, 5.41) is 11.0. The summed E-state index contributed by atoms with van der Waals surface area (Å²) in [6.07, 6.45) is 3.12. The normalized spacial score (nSPS) is 14.4. The Morgan fingerprint density at radius 2 is 2.05 bits per heavy atom. The minimum absolute atomic E-state index is 0.0285. The predicted molar refractivity (Wildman–Crippen MR) is 81.7 cm³/mol. The summed E-state index contributed by atoms with van der Waals surface area (Å²) in [5.41, 5.74) is 7.99. The molecule has 2 heterocycles. The summed E-state index contributed by atoms with van der Waals surface area (Å²) in [6, 6.07) is 10.9. The van der Waals surface area contributed by atoms with Crippen molar-refractivity contribution in [3.63, 3.8) is 0 Å². The van der Waals surface area contributed by atoms with Gasteiger partial charge in [-0.05, 0) is 30.9 Å². The molecule has 6 nitrogen and oxygen atoms in total. The van der Waals surface area contributed by atoms with Crippen LogP contribution in [-0.2, 0) is 6.42 Å². The second-order valence-electron chi connectivity index (χ2n) is 5.10. The molecule has 1 aromatic carbocycles. The smallest absolute Gasteiger partial charge is 0.276 e. The Hall–Kier alpha value is -2.63. The summed E-state index contributed by atoms with van der Waals surface area (Å²) in [4.78, 5) is 16.9. The molecule has 0 amide bonds. The van der Waals surface area contributed by atoms with Crippen LogP contribution in [0.25, 0.3) is 0 Å². The van der Waals surface area contributed by atoms with Gasteiger partial charge in [0.2, 0.25) is 0 Å². The van der Waals surface area contributed by atoms with Crippen molar-refractivity contribution in [1.82, 2.24) is 4.98 Å². The number of benzene rings is 1. The predicted octanol–water partition coefficient (Wildman–Crippen LogP) is 3.05. The van der Waals surface area contributed by atoms with Gasteiger partial charge in [0.15, 0.2) is 0 Å². The van der Waals surface area contributed by atoms with Crippen LogP contribution in [0.4, 0.5) is 23.0 Å². The summed E-state index contributed by atoms with van der Waals surface area (Å²) in [7, 11) is 0. The number of aromatic nitrogens is 1. The van der Waals surface area contributed by atoms with Crippen molar-refractivity contribution >= 4 is 23.0 Å². The van der Waals surface area contributed by atoms with Crippen molar-refractivity contribution in [3.8, 4) is 0 Å². The number of aryl methyl sites for hydroxylation is 1. The highest BCUT2D eigenvalue weighted by atomic mass is 16.6. The number of nitrogens with zero attached hydrogens (tertiary/aromatic N) is 3. The first-order valence-corrected chi connectivity index (χ1v) is 6.92. The lowest BCUT2D eigenvalue weighted by Crippen LogP contribution is -2.19. The Kier molecular flexibility index (Phi) is 3.43. The minimum atomic E-state index is -0.439. The molecular weight excluding hydrogens is 268 g/mol. The number of fused-ring (bicyclic) bond motifs is 1. The van der Waals surface area contributed by atoms with Gasteiger partial charge in [0, 0.05) is 12.2 Å². The van der Waals surface area contributed by atoms with E-state index < -0.39 is 4.92 Å². The number of hydrogen-bond donors (Lipinski definition) is 1. The lowest BCUT2D eigenvalue weighted by molar-refractivity contribution is -0.384. The van der Waals surface area contributed by atoms with Crippen LogP contribution >= 0.6 is 0 Å². The van der Waals surface area contributed by atoms with Gasteiger partial charge in [-0.2, -0.15) is 0 Å². The van der Waals surface area contributed by atoms with Gasteiger partial charge in [0.1, 0.15) is 11.6 Å². The molecule has 0 spiro atoms. The number of nitro groups is 1. The van der Waals surface area contributed by atoms with Crippen molar-refractivity contribution in [1.29, 1.82) is 0 Å². The highest BCUT2D eigenvalue weighted by molar-refractivity contribution is 5.67. The SMILES string of the molecule is Nc1cc([N+](=O)[O-])cc(N2CCCCc3ccccc32)n1. The first-order chi connectivity index (χ1) is 10.1. The van der Waals surface area contributed by atoms with Gasteiger partial charge in [-0.1, -0.05) is 18.2 Å². The van der Waals surface area contributed by atoms with E-state index in [4.69, 9.17) is 5.73 Å². The van der Waals surface area contributed by atoms with Crippen LogP contribution in [0, 0.1) is 10.1 Å². The largest absolute Gasteiger partial charge is 0.383 e. The molecule has 0 radical (unpaired) electrons. The maximum absolute atomic E-state index is 11.0. The van der Waals surface area contributed by atoms with E-state index in [9.17, 15) is 10.1 Å². The van der Waals surface area contributed by atoms with Crippen molar-refractivity contribution in [2.24, 2.45) is 0 Å². The topological polar surface area (TPSA) is 85.3 Å². The van der Waals surface area contributed by atoms with E-state index in [1.54, 1.807) is 0 Å². The Morgan fingerprint density at radius 1 is 1.24 bits per heavy atom. The number of pyridine rings is 1. The van der Waals surface area contributed by atoms with Crippen molar-refractivity contribution in [2.45, 2.75) is 19.3 Å². The van der Waals surface area contributed by atoms with Crippen LogP contribution in [0.1, 0.15) is 18.4 Å². The molecule has 0 aliphatic carbocycles. The van der Waals surface area contributed by atoms with Gasteiger partial charge in [-0.25, -0.2) is 4.98 Å². The summed E-state index contributed by atoms with van der Waals surface area (Å²) >= 11 is 0.